The number of hydrogen-bond acceptors (Lipinski definition) is 5. The fraction of sp³-hybridized carbons (Fsp3) is 0.471. The van der Waals surface area contributed by atoms with Gasteiger partial charge in [0.15, 0.2) is 0 Å². The Morgan fingerprint density at radius 1 is 0.575 bits per heavy atom. The summed E-state index contributed by atoms with van der Waals surface area (Å²) in [4.78, 5) is 11.6. The third-order valence-corrected chi connectivity index (χ3v) is 7.98. The molecule has 3 aromatic carbocycles. The molecule has 0 saturated carbocycles. The number of fused-ring (bicyclic) bond motifs is 6. The minimum Gasteiger partial charge on any atom is -0.496 e. The molecule has 4 rings (SSSR count). The topological polar surface area (TPSA) is 70.8 Å². The van der Waals surface area contributed by atoms with E-state index in [0.717, 1.165) is 50.6 Å². The monoisotopic (exact) mass is 545 g/mol. The second-order valence-corrected chi connectivity index (χ2v) is 12.9. The fourth-order valence-corrected chi connectivity index (χ4v) is 5.75. The van der Waals surface area contributed by atoms with Crippen LogP contribution < -0.4 is 14.2 Å². The fourth-order valence-electron chi connectivity index (χ4n) is 5.75. The van der Waals surface area contributed by atoms with Crippen LogP contribution in [0.15, 0.2) is 36.4 Å². The zero-order valence-corrected chi connectivity index (χ0v) is 25.5. The molecule has 0 N–H and O–H groups in total. The van der Waals surface area contributed by atoms with Crippen molar-refractivity contribution in [1.82, 2.24) is 0 Å². The van der Waals surface area contributed by atoms with Crippen LogP contribution in [-0.2, 0) is 42.9 Å². The van der Waals surface area contributed by atoms with Crippen LogP contribution in [0.3, 0.4) is 0 Å². The van der Waals surface area contributed by atoms with Crippen molar-refractivity contribution in [3.05, 3.63) is 91.0 Å². The number of nitro benzene ring substituents is 1. The van der Waals surface area contributed by atoms with Crippen molar-refractivity contribution in [1.29, 1.82) is 0 Å². The van der Waals surface area contributed by atoms with Crippen LogP contribution in [0.5, 0.6) is 17.2 Å². The molecule has 0 fully saturated rings. The minimum absolute atomic E-state index is 0.0693. The molecule has 40 heavy (non-hydrogen) atoms. The van der Waals surface area contributed by atoms with Crippen LogP contribution in [0.4, 0.5) is 5.69 Å². The molecular weight excluding hydrogens is 502 g/mol. The normalized spacial score (nSPS) is 13.8. The number of aryl methyl sites for hydroxylation is 4. The van der Waals surface area contributed by atoms with E-state index in [0.29, 0.717) is 32.1 Å². The third-order valence-electron chi connectivity index (χ3n) is 7.98. The van der Waals surface area contributed by atoms with Gasteiger partial charge in [-0.05, 0) is 69.9 Å². The SMILES string of the molecule is COc1c2cc([N+](=O)[O-])cc1CCc1cc(C(C)(C)C)cc(c1OC)Cc1cc(C(C)(C)C)cc(c1OC)CC2. The molecule has 6 heteroatoms. The number of benzene rings is 3. The highest BCUT2D eigenvalue weighted by molar-refractivity contribution is 5.56. The molecule has 6 bridgehead atoms. The van der Waals surface area contributed by atoms with Crippen molar-refractivity contribution in [2.75, 3.05) is 21.3 Å². The Labute approximate surface area is 238 Å². The van der Waals surface area contributed by atoms with Crippen LogP contribution in [0.25, 0.3) is 0 Å². The first-order valence-electron chi connectivity index (χ1n) is 14.0. The van der Waals surface area contributed by atoms with Crippen molar-refractivity contribution in [3.8, 4) is 17.2 Å². The molecule has 0 spiro atoms. The molecule has 0 amide bonds. The van der Waals surface area contributed by atoms with Gasteiger partial charge in [-0.2, -0.15) is 0 Å². The first-order chi connectivity index (χ1) is 18.8. The number of nitro groups is 1. The molecule has 0 heterocycles. The van der Waals surface area contributed by atoms with Gasteiger partial charge in [-0.15, -0.1) is 0 Å². The van der Waals surface area contributed by atoms with E-state index in [9.17, 15) is 10.1 Å². The summed E-state index contributed by atoms with van der Waals surface area (Å²) >= 11 is 0. The van der Waals surface area contributed by atoms with Gasteiger partial charge in [0, 0.05) is 29.7 Å². The highest BCUT2D eigenvalue weighted by atomic mass is 16.6. The average molecular weight is 546 g/mol. The lowest BCUT2D eigenvalue weighted by atomic mass is 9.81. The molecule has 0 aliphatic heterocycles. The summed E-state index contributed by atoms with van der Waals surface area (Å²) in [5.41, 5.74) is 8.48. The van der Waals surface area contributed by atoms with E-state index in [-0.39, 0.29) is 21.4 Å². The summed E-state index contributed by atoms with van der Waals surface area (Å²) in [5.74, 6) is 2.44. The second-order valence-electron chi connectivity index (χ2n) is 12.9. The first-order valence-corrected chi connectivity index (χ1v) is 14.0. The van der Waals surface area contributed by atoms with E-state index < -0.39 is 0 Å². The van der Waals surface area contributed by atoms with Crippen molar-refractivity contribution in [3.63, 3.8) is 0 Å². The number of non-ortho nitro benzene ring substituents is 1. The predicted molar refractivity (Wildman–Crippen MR) is 161 cm³/mol. The van der Waals surface area contributed by atoms with Gasteiger partial charge in [-0.3, -0.25) is 10.1 Å². The zero-order chi connectivity index (χ0) is 29.4. The molecule has 0 radical (unpaired) electrons. The van der Waals surface area contributed by atoms with Crippen LogP contribution >= 0.6 is 0 Å². The lowest BCUT2D eigenvalue weighted by Gasteiger charge is -2.26. The third kappa shape index (κ3) is 5.96. The van der Waals surface area contributed by atoms with Gasteiger partial charge in [0.2, 0.25) is 0 Å². The van der Waals surface area contributed by atoms with E-state index in [1.807, 2.05) is 0 Å². The molecule has 0 atom stereocenters. The Balaban J connectivity index is 2.07. The van der Waals surface area contributed by atoms with E-state index in [4.69, 9.17) is 14.2 Å². The summed E-state index contributed by atoms with van der Waals surface area (Å²) in [6.07, 6.45) is 3.22. The highest BCUT2D eigenvalue weighted by Crippen LogP contribution is 2.40. The maximum atomic E-state index is 11.9. The van der Waals surface area contributed by atoms with E-state index >= 15 is 0 Å². The van der Waals surface area contributed by atoms with E-state index in [1.165, 1.54) is 11.1 Å². The van der Waals surface area contributed by atoms with Crippen LogP contribution in [-0.4, -0.2) is 26.3 Å². The Bertz CT molecular complexity index is 1330. The lowest BCUT2D eigenvalue weighted by Crippen LogP contribution is -2.15. The predicted octanol–water partition coefficient (Wildman–Crippen LogP) is 7.69. The smallest absolute Gasteiger partial charge is 0.270 e. The molecule has 1 aliphatic carbocycles. The van der Waals surface area contributed by atoms with Crippen molar-refractivity contribution >= 4 is 5.69 Å². The largest absolute Gasteiger partial charge is 0.496 e. The summed E-state index contributed by atoms with van der Waals surface area (Å²) in [6, 6.07) is 12.3. The molecular formula is C34H43NO5. The lowest BCUT2D eigenvalue weighted by molar-refractivity contribution is -0.385. The Kier molecular flexibility index (Phi) is 8.21. The Morgan fingerprint density at radius 3 is 1.18 bits per heavy atom. The summed E-state index contributed by atoms with van der Waals surface area (Å²) < 4.78 is 18.1. The Morgan fingerprint density at radius 2 is 0.875 bits per heavy atom. The summed E-state index contributed by atoms with van der Waals surface area (Å²) in [7, 11) is 5.10. The maximum absolute atomic E-state index is 11.9. The number of nitrogens with zero attached hydrogens (tertiary/aromatic N) is 1. The average Bonchev–Trinajstić information content (AvgIpc) is 2.88. The molecule has 1 aliphatic rings. The molecule has 0 unspecified atom stereocenters. The van der Waals surface area contributed by atoms with Gasteiger partial charge < -0.3 is 14.2 Å². The van der Waals surface area contributed by atoms with Crippen LogP contribution in [0, 0.1) is 10.1 Å². The van der Waals surface area contributed by atoms with Gasteiger partial charge in [0.05, 0.1) is 26.3 Å². The van der Waals surface area contributed by atoms with E-state index in [1.54, 1.807) is 33.5 Å². The van der Waals surface area contributed by atoms with Crippen LogP contribution in [0.2, 0.25) is 0 Å². The number of hydrogen-bond donors (Lipinski definition) is 0. The first kappa shape index (κ1) is 29.4. The second kappa shape index (κ2) is 11.1. The highest BCUT2D eigenvalue weighted by Gasteiger charge is 2.25. The zero-order valence-electron chi connectivity index (χ0n) is 25.5. The van der Waals surface area contributed by atoms with Gasteiger partial charge in [0.25, 0.3) is 5.69 Å². The van der Waals surface area contributed by atoms with Crippen molar-refractivity contribution < 1.29 is 19.1 Å². The van der Waals surface area contributed by atoms with Gasteiger partial charge in [-0.1, -0.05) is 65.8 Å². The van der Waals surface area contributed by atoms with Gasteiger partial charge in [-0.25, -0.2) is 0 Å². The number of methoxy groups -OCH3 is 3. The summed E-state index contributed by atoms with van der Waals surface area (Å²) in [6.45, 7) is 13.3. The molecule has 0 saturated heterocycles. The van der Waals surface area contributed by atoms with Crippen LogP contribution in [0.1, 0.15) is 86.1 Å². The maximum Gasteiger partial charge on any atom is 0.270 e. The number of ether oxygens (including phenoxy) is 3. The number of rotatable bonds is 4. The molecule has 214 valence electrons. The quantitative estimate of drug-likeness (QED) is 0.248. The molecule has 3 aromatic rings. The van der Waals surface area contributed by atoms with Gasteiger partial charge >= 0.3 is 0 Å². The minimum atomic E-state index is -0.312. The van der Waals surface area contributed by atoms with Gasteiger partial charge in [0.1, 0.15) is 17.2 Å². The Hall–Kier alpha value is -3.54. The summed E-state index contributed by atoms with van der Waals surface area (Å²) in [5, 5.41) is 11.9. The molecule has 0 aromatic heterocycles. The standard InChI is InChI=1S/C34H43NO5/c1-33(2,3)27-15-21-10-12-23-19-29(35(36)37)20-24(30(23)38-7)13-11-22-16-28(34(4,5)6)18-26(32(22)40-9)14-25(17-27)31(21)39-8/h15-20H,10-14H2,1-9H3. The van der Waals surface area contributed by atoms with Crippen molar-refractivity contribution in [2.45, 2.75) is 84.5 Å². The van der Waals surface area contributed by atoms with Crippen molar-refractivity contribution in [2.24, 2.45) is 0 Å². The molecule has 6 nitrogen and oxygen atoms in total. The van der Waals surface area contributed by atoms with E-state index in [2.05, 4.69) is 65.8 Å².